The number of hydrogen-bond donors (Lipinski definition) is 3. The van der Waals surface area contributed by atoms with Gasteiger partial charge in [-0.1, -0.05) is 0 Å². The molecule has 0 aromatic heterocycles. The summed E-state index contributed by atoms with van der Waals surface area (Å²) in [5.41, 5.74) is 0.957. The number of nitrogens with one attached hydrogen (secondary N) is 2. The Morgan fingerprint density at radius 1 is 1.24 bits per heavy atom. The summed E-state index contributed by atoms with van der Waals surface area (Å²) in [6, 6.07) is 2.54. The molecule has 3 N–H and O–H groups in total. The molecule has 1 aromatic carbocycles. The van der Waals surface area contributed by atoms with E-state index in [4.69, 9.17) is 5.11 Å². The molecule has 0 spiro atoms. The summed E-state index contributed by atoms with van der Waals surface area (Å²) in [4.78, 5) is 22.0. The Morgan fingerprint density at radius 3 is 2.38 bits per heavy atom. The van der Waals surface area contributed by atoms with E-state index in [2.05, 4.69) is 10.0 Å². The topological polar surface area (TPSA) is 113 Å². The molecule has 0 saturated carbocycles. The fraction of sp³-hybridized carbons (Fsp3) is 0.385. The number of amides is 1. The Bertz CT molecular complexity index is 667. The van der Waals surface area contributed by atoms with Crippen LogP contribution in [0.25, 0.3) is 0 Å². The van der Waals surface area contributed by atoms with Crippen molar-refractivity contribution in [3.63, 3.8) is 0 Å². The van der Waals surface area contributed by atoms with Gasteiger partial charge in [0.05, 0.1) is 10.5 Å². The summed E-state index contributed by atoms with van der Waals surface area (Å²) in [5.74, 6) is -1.48. The molecule has 0 aliphatic carbocycles. The van der Waals surface area contributed by atoms with Crippen molar-refractivity contribution in [1.29, 1.82) is 0 Å². The number of carboxylic acid groups (broad SMARTS) is 1. The maximum atomic E-state index is 12.2. The molecule has 0 bridgehead atoms. The largest absolute Gasteiger partial charge is 0.478 e. The van der Waals surface area contributed by atoms with E-state index in [1.54, 1.807) is 13.8 Å². The molecule has 116 valence electrons. The normalized spacial score (nSPS) is 11.2. The predicted molar refractivity (Wildman–Crippen MR) is 76.7 cm³/mol. The molecule has 0 saturated heterocycles. The predicted octanol–water partition coefficient (Wildman–Crippen LogP) is 0.416. The molecule has 1 rings (SSSR count). The van der Waals surface area contributed by atoms with E-state index in [1.165, 1.54) is 13.1 Å². The van der Waals surface area contributed by atoms with Crippen molar-refractivity contribution in [3.05, 3.63) is 28.8 Å². The highest BCUT2D eigenvalue weighted by atomic mass is 32.2. The zero-order chi connectivity index (χ0) is 16.2. The Labute approximate surface area is 123 Å². The average Bonchev–Trinajstić information content (AvgIpc) is 2.40. The van der Waals surface area contributed by atoms with Crippen molar-refractivity contribution >= 4 is 21.9 Å². The number of aryl methyl sites for hydroxylation is 1. The highest BCUT2D eigenvalue weighted by Crippen LogP contribution is 2.21. The lowest BCUT2D eigenvalue weighted by atomic mass is 10.1. The maximum absolute atomic E-state index is 12.2. The van der Waals surface area contributed by atoms with Gasteiger partial charge in [-0.2, -0.15) is 0 Å². The molecule has 21 heavy (non-hydrogen) atoms. The molecule has 0 atom stereocenters. The Hall–Kier alpha value is -1.93. The van der Waals surface area contributed by atoms with Crippen LogP contribution in [0.4, 0.5) is 0 Å². The van der Waals surface area contributed by atoms with Crippen LogP contribution in [0.3, 0.4) is 0 Å². The molecule has 0 unspecified atom stereocenters. The molecule has 8 heteroatoms. The molecule has 1 amide bonds. The van der Waals surface area contributed by atoms with Crippen molar-refractivity contribution in [2.45, 2.75) is 25.2 Å². The molecule has 0 heterocycles. The molecular weight excluding hydrogens is 296 g/mol. The Balaban J connectivity index is 3.07. The lowest BCUT2D eigenvalue weighted by Gasteiger charge is -2.12. The van der Waals surface area contributed by atoms with E-state index >= 15 is 0 Å². The summed E-state index contributed by atoms with van der Waals surface area (Å²) in [5, 5.41) is 11.4. The number of carbonyl (C=O) groups is 2. The standard InChI is InChI=1S/C13H18N2O5S/c1-8-6-10(13(17)18)7-11(9(8)2)21(19,20)15-5-4-12(16)14-3/h6-7,15H,4-5H2,1-3H3,(H,14,16)(H,17,18). The number of hydrogen-bond acceptors (Lipinski definition) is 4. The SMILES string of the molecule is CNC(=O)CCNS(=O)(=O)c1cc(C(=O)O)cc(C)c1C. The number of carboxylic acids is 1. The second-order valence-corrected chi connectivity index (χ2v) is 6.28. The first-order chi connectivity index (χ1) is 9.69. The summed E-state index contributed by atoms with van der Waals surface area (Å²) < 4.78 is 26.7. The number of sulfonamides is 1. The lowest BCUT2D eigenvalue weighted by Crippen LogP contribution is -2.30. The van der Waals surface area contributed by atoms with Gasteiger partial charge in [-0.05, 0) is 37.1 Å². The summed E-state index contributed by atoms with van der Waals surface area (Å²) >= 11 is 0. The van der Waals surface area contributed by atoms with E-state index in [-0.39, 0.29) is 29.3 Å². The Morgan fingerprint density at radius 2 is 1.86 bits per heavy atom. The van der Waals surface area contributed by atoms with Gasteiger partial charge in [0.25, 0.3) is 0 Å². The van der Waals surface area contributed by atoms with Crippen molar-refractivity contribution < 1.29 is 23.1 Å². The zero-order valence-electron chi connectivity index (χ0n) is 12.1. The second-order valence-electron chi connectivity index (χ2n) is 4.54. The van der Waals surface area contributed by atoms with Crippen LogP contribution in [0.5, 0.6) is 0 Å². The van der Waals surface area contributed by atoms with Crippen LogP contribution in [0, 0.1) is 13.8 Å². The van der Waals surface area contributed by atoms with Crippen LogP contribution in [0.1, 0.15) is 27.9 Å². The van der Waals surface area contributed by atoms with Crippen molar-refractivity contribution in [2.75, 3.05) is 13.6 Å². The second kappa shape index (κ2) is 6.68. The minimum absolute atomic E-state index is 0.00633. The molecule has 0 aliphatic rings. The van der Waals surface area contributed by atoms with E-state index in [0.29, 0.717) is 11.1 Å². The van der Waals surface area contributed by atoms with Crippen molar-refractivity contribution in [3.8, 4) is 0 Å². The third-order valence-electron chi connectivity index (χ3n) is 3.08. The first-order valence-electron chi connectivity index (χ1n) is 6.24. The highest BCUT2D eigenvalue weighted by Gasteiger charge is 2.20. The van der Waals surface area contributed by atoms with Crippen LogP contribution >= 0.6 is 0 Å². The van der Waals surface area contributed by atoms with Gasteiger partial charge < -0.3 is 10.4 Å². The highest BCUT2D eigenvalue weighted by molar-refractivity contribution is 7.89. The van der Waals surface area contributed by atoms with Gasteiger partial charge in [0.15, 0.2) is 0 Å². The van der Waals surface area contributed by atoms with Gasteiger partial charge >= 0.3 is 5.97 Å². The average molecular weight is 314 g/mol. The van der Waals surface area contributed by atoms with Crippen LogP contribution in [-0.2, 0) is 14.8 Å². The molecule has 0 aliphatic heterocycles. The van der Waals surface area contributed by atoms with Crippen LogP contribution in [0.2, 0.25) is 0 Å². The number of rotatable bonds is 6. The molecule has 0 radical (unpaired) electrons. The van der Waals surface area contributed by atoms with Gasteiger partial charge in [0, 0.05) is 20.0 Å². The monoisotopic (exact) mass is 314 g/mol. The number of benzene rings is 1. The van der Waals surface area contributed by atoms with E-state index < -0.39 is 16.0 Å². The number of aromatic carboxylic acids is 1. The summed E-state index contributed by atoms with van der Waals surface area (Å²) in [6.45, 7) is 3.19. The molecule has 7 nitrogen and oxygen atoms in total. The molecule has 0 fully saturated rings. The Kier molecular flexibility index (Phi) is 5.45. The third-order valence-corrected chi connectivity index (χ3v) is 4.67. The number of carbonyl (C=O) groups excluding carboxylic acids is 1. The molecular formula is C13H18N2O5S. The first kappa shape index (κ1) is 17.1. The van der Waals surface area contributed by atoms with Gasteiger partial charge in [0.2, 0.25) is 15.9 Å². The quantitative estimate of drug-likeness (QED) is 0.704. The van der Waals surface area contributed by atoms with E-state index in [1.807, 2.05) is 0 Å². The van der Waals surface area contributed by atoms with Gasteiger partial charge in [-0.3, -0.25) is 4.79 Å². The van der Waals surface area contributed by atoms with Gasteiger partial charge in [-0.15, -0.1) is 0 Å². The van der Waals surface area contributed by atoms with Gasteiger partial charge in [-0.25, -0.2) is 17.9 Å². The summed E-state index contributed by atoms with van der Waals surface area (Å²) in [6.07, 6.45) is 0.00633. The maximum Gasteiger partial charge on any atom is 0.335 e. The third kappa shape index (κ3) is 4.27. The first-order valence-corrected chi connectivity index (χ1v) is 7.72. The van der Waals surface area contributed by atoms with Crippen molar-refractivity contribution in [1.82, 2.24) is 10.0 Å². The zero-order valence-corrected chi connectivity index (χ0v) is 12.9. The fourth-order valence-corrected chi connectivity index (χ4v) is 3.10. The van der Waals surface area contributed by atoms with Crippen molar-refractivity contribution in [2.24, 2.45) is 0 Å². The van der Waals surface area contributed by atoms with Crippen LogP contribution in [-0.4, -0.2) is 39.0 Å². The van der Waals surface area contributed by atoms with Crippen LogP contribution < -0.4 is 10.0 Å². The summed E-state index contributed by atoms with van der Waals surface area (Å²) in [7, 11) is -2.41. The molecule has 1 aromatic rings. The minimum Gasteiger partial charge on any atom is -0.478 e. The van der Waals surface area contributed by atoms with Crippen LogP contribution in [0.15, 0.2) is 17.0 Å². The van der Waals surface area contributed by atoms with Gasteiger partial charge in [0.1, 0.15) is 0 Å². The smallest absolute Gasteiger partial charge is 0.335 e. The lowest BCUT2D eigenvalue weighted by molar-refractivity contribution is -0.120. The van der Waals surface area contributed by atoms with E-state index in [9.17, 15) is 18.0 Å². The van der Waals surface area contributed by atoms with E-state index in [0.717, 1.165) is 6.07 Å². The minimum atomic E-state index is -3.87. The fourth-order valence-electron chi connectivity index (χ4n) is 1.73.